The average molecular weight is 1170 g/mol. The predicted octanol–water partition coefficient (Wildman–Crippen LogP) is 22.3. The third kappa shape index (κ3) is 10.2. The Balaban J connectivity index is 0.000000143. The Bertz CT molecular complexity index is 5730. The predicted molar refractivity (Wildman–Crippen MR) is 383 cm³/mol. The fourth-order valence-electron chi connectivity index (χ4n) is 13.0. The van der Waals surface area contributed by atoms with E-state index in [-0.39, 0.29) is 0 Å². The van der Waals surface area contributed by atoms with Crippen LogP contribution in [0.2, 0.25) is 0 Å². The maximum absolute atomic E-state index is 5.09. The molecule has 0 aliphatic rings. The van der Waals surface area contributed by atoms with Crippen molar-refractivity contribution in [3.05, 3.63) is 328 Å². The van der Waals surface area contributed by atoms with Crippen LogP contribution in [0.3, 0.4) is 0 Å². The second-order valence-corrected chi connectivity index (χ2v) is 23.4. The summed E-state index contributed by atoms with van der Waals surface area (Å²) in [7, 11) is 0. The number of fused-ring (bicyclic) bond motifs is 12. The molecular formula is C86H54N6. The Kier molecular flexibility index (Phi) is 13.4. The SMILES string of the molecule is c1cc(-c2ccc3c(ccc4c5ccccc5ccc34)c2)cc(-c2nc(-c3ccc4ccccc4c3)nc(-c3ccc4ccccc4c3)n2)c1.c1ccc(-c2nc(-c3ccccc3)nc(-c3ccc(-c4ccc5c(ccc6c7ccccc7ccc56)c4)cc3)n2)cc1. The number of hydrogen-bond acceptors (Lipinski definition) is 6. The molecule has 428 valence electrons. The Labute approximate surface area is 531 Å². The lowest BCUT2D eigenvalue weighted by atomic mass is 9.94. The van der Waals surface area contributed by atoms with Gasteiger partial charge in [0.15, 0.2) is 34.9 Å². The zero-order chi connectivity index (χ0) is 60.9. The third-order valence-corrected chi connectivity index (χ3v) is 17.8. The van der Waals surface area contributed by atoms with Gasteiger partial charge < -0.3 is 0 Å². The van der Waals surface area contributed by atoms with Crippen molar-refractivity contribution in [2.75, 3.05) is 0 Å². The van der Waals surface area contributed by atoms with Crippen LogP contribution in [0.25, 0.3) is 177 Å². The molecule has 0 saturated carbocycles. The van der Waals surface area contributed by atoms with Gasteiger partial charge in [0.25, 0.3) is 0 Å². The zero-order valence-corrected chi connectivity index (χ0v) is 49.9. The van der Waals surface area contributed by atoms with Gasteiger partial charge in [-0.25, -0.2) is 29.9 Å². The number of aromatic nitrogens is 6. The lowest BCUT2D eigenvalue weighted by molar-refractivity contribution is 1.07. The molecule has 18 rings (SSSR count). The highest BCUT2D eigenvalue weighted by Crippen LogP contribution is 2.38. The summed E-state index contributed by atoms with van der Waals surface area (Å²) in [5.74, 6) is 3.94. The van der Waals surface area contributed by atoms with Crippen LogP contribution in [-0.4, -0.2) is 29.9 Å². The molecule has 16 aromatic carbocycles. The molecule has 0 aliphatic heterocycles. The summed E-state index contributed by atoms with van der Waals surface area (Å²) in [6.07, 6.45) is 0. The van der Waals surface area contributed by atoms with Crippen LogP contribution in [0.4, 0.5) is 0 Å². The molecule has 0 atom stereocenters. The summed E-state index contributed by atoms with van der Waals surface area (Å²) in [5, 5.41) is 19.9. The molecule has 2 heterocycles. The van der Waals surface area contributed by atoms with Crippen LogP contribution in [0, 0.1) is 0 Å². The van der Waals surface area contributed by atoms with E-state index in [1.807, 2.05) is 60.7 Å². The van der Waals surface area contributed by atoms with Crippen molar-refractivity contribution in [1.82, 2.24) is 29.9 Å². The van der Waals surface area contributed by atoms with Crippen molar-refractivity contribution in [2.24, 2.45) is 0 Å². The van der Waals surface area contributed by atoms with Gasteiger partial charge >= 0.3 is 0 Å². The topological polar surface area (TPSA) is 77.3 Å². The van der Waals surface area contributed by atoms with Crippen molar-refractivity contribution in [3.63, 3.8) is 0 Å². The molecule has 6 nitrogen and oxygen atoms in total. The molecule has 0 N–H and O–H groups in total. The van der Waals surface area contributed by atoms with Crippen LogP contribution < -0.4 is 0 Å². The third-order valence-electron chi connectivity index (χ3n) is 17.8. The standard InChI is InChI=1S/C47H29N3.C39H25N3/c1-3-11-33-27-39(18-16-30(33)8-1)46-48-45(49-47(50-46)40-19-17-31-9-2-4-12-34(31)28-40)38-14-7-13-35(29-38)36-21-23-42-37(26-36)22-25-43-41-15-6-5-10-32(41)20-24-44(42)43;1-3-10-28(11-4-1)37-40-38(29-12-5-2-6-13-29)42-39(41-37)30-17-15-26(16-18-30)31-20-22-34-32(25-31)21-24-35-33-14-8-7-9-27(33)19-23-36(34)35/h1-29H;1-25H. The summed E-state index contributed by atoms with van der Waals surface area (Å²) in [6.45, 7) is 0. The second-order valence-electron chi connectivity index (χ2n) is 23.4. The monoisotopic (exact) mass is 1170 g/mol. The highest BCUT2D eigenvalue weighted by atomic mass is 15.0. The number of rotatable bonds is 8. The molecule has 2 aromatic heterocycles. The smallest absolute Gasteiger partial charge is 0.164 e. The molecule has 0 aliphatic carbocycles. The zero-order valence-electron chi connectivity index (χ0n) is 49.9. The van der Waals surface area contributed by atoms with E-state index in [9.17, 15) is 0 Å². The lowest BCUT2D eigenvalue weighted by Crippen LogP contribution is -2.00. The molecule has 0 unspecified atom stereocenters. The maximum atomic E-state index is 5.09. The van der Waals surface area contributed by atoms with Gasteiger partial charge in [0.1, 0.15) is 0 Å². The summed E-state index contributed by atoms with van der Waals surface area (Å²) in [6, 6.07) is 115. The first kappa shape index (κ1) is 53.8. The van der Waals surface area contributed by atoms with Crippen LogP contribution in [0.15, 0.2) is 328 Å². The first-order valence-electron chi connectivity index (χ1n) is 31.1. The van der Waals surface area contributed by atoms with Gasteiger partial charge in [0.05, 0.1) is 0 Å². The molecule has 92 heavy (non-hydrogen) atoms. The summed E-state index contributed by atoms with van der Waals surface area (Å²) in [5.41, 5.74) is 10.3. The summed E-state index contributed by atoms with van der Waals surface area (Å²) >= 11 is 0. The molecule has 0 fully saturated rings. The van der Waals surface area contributed by atoms with Crippen LogP contribution in [0.1, 0.15) is 0 Å². The largest absolute Gasteiger partial charge is 0.208 e. The Morgan fingerprint density at radius 2 is 0.370 bits per heavy atom. The van der Waals surface area contributed by atoms with Crippen LogP contribution >= 0.6 is 0 Å². The number of hydrogen-bond donors (Lipinski definition) is 0. The van der Waals surface area contributed by atoms with Gasteiger partial charge in [-0.1, -0.05) is 297 Å². The highest BCUT2D eigenvalue weighted by molar-refractivity contribution is 6.19. The molecule has 0 spiro atoms. The van der Waals surface area contributed by atoms with Gasteiger partial charge in [-0.2, -0.15) is 0 Å². The van der Waals surface area contributed by atoms with E-state index in [0.717, 1.165) is 60.8 Å². The normalized spacial score (nSPS) is 11.5. The average Bonchev–Trinajstić information content (AvgIpc) is 0.893. The van der Waals surface area contributed by atoms with E-state index in [2.05, 4.69) is 267 Å². The van der Waals surface area contributed by atoms with Crippen LogP contribution in [-0.2, 0) is 0 Å². The van der Waals surface area contributed by atoms with Gasteiger partial charge in [-0.15, -0.1) is 0 Å². The first-order chi connectivity index (χ1) is 45.5. The van der Waals surface area contributed by atoms with E-state index in [1.165, 1.54) is 81.0 Å². The van der Waals surface area contributed by atoms with E-state index in [4.69, 9.17) is 29.9 Å². The number of benzene rings is 16. The van der Waals surface area contributed by atoms with Crippen molar-refractivity contribution < 1.29 is 0 Å². The summed E-state index contributed by atoms with van der Waals surface area (Å²) < 4.78 is 0. The lowest BCUT2D eigenvalue weighted by Gasteiger charge is -2.12. The number of nitrogens with zero attached hydrogens (tertiary/aromatic N) is 6. The van der Waals surface area contributed by atoms with Gasteiger partial charge in [-0.05, 0) is 139 Å². The first-order valence-corrected chi connectivity index (χ1v) is 31.1. The van der Waals surface area contributed by atoms with E-state index in [1.54, 1.807) is 0 Å². The van der Waals surface area contributed by atoms with Crippen molar-refractivity contribution >= 4 is 86.2 Å². The maximum Gasteiger partial charge on any atom is 0.164 e. The molecule has 0 radical (unpaired) electrons. The fraction of sp³-hybridized carbons (Fsp3) is 0. The minimum atomic E-state index is 0.645. The molecule has 18 aromatic rings. The molecule has 0 amide bonds. The quantitative estimate of drug-likeness (QED) is 0.141. The fourth-order valence-corrected chi connectivity index (χ4v) is 13.0. The Morgan fingerprint density at radius 1 is 0.120 bits per heavy atom. The Morgan fingerprint density at radius 3 is 0.826 bits per heavy atom. The van der Waals surface area contributed by atoms with Gasteiger partial charge in [0.2, 0.25) is 0 Å². The second kappa shape index (κ2) is 23.0. The van der Waals surface area contributed by atoms with E-state index in [0.29, 0.717) is 34.9 Å². The van der Waals surface area contributed by atoms with E-state index < -0.39 is 0 Å². The Hall–Kier alpha value is -12.4. The molecular weight excluding hydrogens is 1120 g/mol. The molecule has 0 bridgehead atoms. The van der Waals surface area contributed by atoms with E-state index >= 15 is 0 Å². The van der Waals surface area contributed by atoms with Crippen molar-refractivity contribution in [1.29, 1.82) is 0 Å². The minimum Gasteiger partial charge on any atom is -0.208 e. The highest BCUT2D eigenvalue weighted by Gasteiger charge is 2.17. The van der Waals surface area contributed by atoms with Crippen molar-refractivity contribution in [2.45, 2.75) is 0 Å². The van der Waals surface area contributed by atoms with Crippen LogP contribution in [0.5, 0.6) is 0 Å². The van der Waals surface area contributed by atoms with Crippen molar-refractivity contribution in [3.8, 4) is 90.6 Å². The molecule has 6 heteroatoms. The van der Waals surface area contributed by atoms with Gasteiger partial charge in [-0.3, -0.25) is 0 Å². The summed E-state index contributed by atoms with van der Waals surface area (Å²) in [4.78, 5) is 29.8. The minimum absolute atomic E-state index is 0.645. The van der Waals surface area contributed by atoms with Gasteiger partial charge in [0, 0.05) is 33.4 Å². The molecule has 0 saturated heterocycles.